The van der Waals surface area contributed by atoms with Gasteiger partial charge in [-0.15, -0.1) is 0 Å². The molecular weight excluding hydrogens is 295 g/mol. The zero-order chi connectivity index (χ0) is 16.4. The second-order valence-corrected chi connectivity index (χ2v) is 5.83. The van der Waals surface area contributed by atoms with Crippen molar-refractivity contribution >= 4 is 5.91 Å². The van der Waals surface area contributed by atoms with E-state index in [0.29, 0.717) is 11.1 Å². The Morgan fingerprint density at radius 2 is 2.05 bits per heavy atom. The van der Waals surface area contributed by atoms with Gasteiger partial charge in [-0.1, -0.05) is 13.0 Å². The van der Waals surface area contributed by atoms with Gasteiger partial charge in [-0.05, 0) is 50.3 Å². The fourth-order valence-electron chi connectivity index (χ4n) is 2.54. The van der Waals surface area contributed by atoms with E-state index in [0.717, 1.165) is 25.7 Å². The molecule has 0 aromatic heterocycles. The lowest BCUT2D eigenvalue weighted by molar-refractivity contribution is -0.153. The van der Waals surface area contributed by atoms with Crippen molar-refractivity contribution in [1.82, 2.24) is 5.32 Å². The molecule has 0 aliphatic heterocycles. The van der Waals surface area contributed by atoms with Gasteiger partial charge in [0, 0.05) is 11.1 Å². The minimum atomic E-state index is -4.40. The van der Waals surface area contributed by atoms with Gasteiger partial charge >= 0.3 is 6.18 Å². The fraction of sp³-hybridized carbons (Fsp3) is 0.562. The van der Waals surface area contributed by atoms with Crippen molar-refractivity contribution in [3.05, 3.63) is 29.3 Å². The Balaban J connectivity index is 2.09. The van der Waals surface area contributed by atoms with Gasteiger partial charge in [-0.3, -0.25) is 4.79 Å². The molecule has 0 spiro atoms. The first kappa shape index (κ1) is 16.6. The van der Waals surface area contributed by atoms with E-state index < -0.39 is 12.8 Å². The van der Waals surface area contributed by atoms with Crippen LogP contribution in [0.3, 0.4) is 0 Å². The van der Waals surface area contributed by atoms with Crippen LogP contribution < -0.4 is 10.1 Å². The molecule has 1 aliphatic rings. The lowest BCUT2D eigenvalue weighted by Crippen LogP contribution is -2.52. The maximum absolute atomic E-state index is 12.3. The van der Waals surface area contributed by atoms with Crippen LogP contribution in [0, 0.1) is 6.92 Å². The smallest absolute Gasteiger partial charge is 0.422 e. The van der Waals surface area contributed by atoms with Crippen molar-refractivity contribution in [2.75, 3.05) is 6.61 Å². The zero-order valence-corrected chi connectivity index (χ0v) is 12.7. The van der Waals surface area contributed by atoms with Crippen LogP contribution in [0.1, 0.15) is 48.5 Å². The second kappa shape index (κ2) is 6.18. The molecule has 1 aliphatic carbocycles. The van der Waals surface area contributed by atoms with Crippen molar-refractivity contribution in [3.63, 3.8) is 0 Å². The van der Waals surface area contributed by atoms with E-state index in [-0.39, 0.29) is 17.2 Å². The summed E-state index contributed by atoms with van der Waals surface area (Å²) in [5.74, 6) is -0.178. The van der Waals surface area contributed by atoms with Crippen molar-refractivity contribution in [1.29, 1.82) is 0 Å². The second-order valence-electron chi connectivity index (χ2n) is 5.83. The van der Waals surface area contributed by atoms with Crippen LogP contribution in [-0.4, -0.2) is 24.2 Å². The standard InChI is InChI=1S/C16H20F3NO2/c1-3-15(7-4-8-15)20-14(21)12-6-5-11(2)13(9-12)22-10-16(17,18)19/h5-6,9H,3-4,7-8,10H2,1-2H3,(H,20,21). The number of hydrogen-bond acceptors (Lipinski definition) is 2. The predicted octanol–water partition coefficient (Wildman–Crippen LogP) is 4.00. The third-order valence-corrected chi connectivity index (χ3v) is 4.21. The van der Waals surface area contributed by atoms with E-state index in [4.69, 9.17) is 4.74 Å². The summed E-state index contributed by atoms with van der Waals surface area (Å²) >= 11 is 0. The summed E-state index contributed by atoms with van der Waals surface area (Å²) in [4.78, 5) is 12.3. The maximum Gasteiger partial charge on any atom is 0.422 e. The number of benzene rings is 1. The Hall–Kier alpha value is -1.72. The minimum absolute atomic E-state index is 0.0872. The molecule has 22 heavy (non-hydrogen) atoms. The van der Waals surface area contributed by atoms with Crippen LogP contribution in [0.2, 0.25) is 0 Å². The van der Waals surface area contributed by atoms with E-state index >= 15 is 0 Å². The van der Waals surface area contributed by atoms with Crippen LogP contribution in [0.25, 0.3) is 0 Å². The van der Waals surface area contributed by atoms with Crippen LogP contribution in [0.4, 0.5) is 13.2 Å². The minimum Gasteiger partial charge on any atom is -0.484 e. The number of rotatable bonds is 5. The lowest BCUT2D eigenvalue weighted by atomic mass is 9.74. The number of ether oxygens (including phenoxy) is 1. The molecule has 0 unspecified atom stereocenters. The van der Waals surface area contributed by atoms with E-state index in [1.54, 1.807) is 19.1 Å². The summed E-state index contributed by atoms with van der Waals surface area (Å²) in [6, 6.07) is 4.57. The first-order valence-electron chi connectivity index (χ1n) is 7.37. The maximum atomic E-state index is 12.3. The van der Waals surface area contributed by atoms with Gasteiger partial charge in [0.25, 0.3) is 5.91 Å². The van der Waals surface area contributed by atoms with Gasteiger partial charge in [0.1, 0.15) is 5.75 Å². The van der Waals surface area contributed by atoms with Crippen LogP contribution >= 0.6 is 0 Å². The molecule has 1 aromatic rings. The van der Waals surface area contributed by atoms with Gasteiger partial charge in [0.15, 0.2) is 6.61 Å². The number of amides is 1. The van der Waals surface area contributed by atoms with Crippen molar-refractivity contribution in [2.24, 2.45) is 0 Å². The molecule has 1 amide bonds. The molecule has 0 heterocycles. The lowest BCUT2D eigenvalue weighted by Gasteiger charge is -2.42. The molecule has 1 aromatic carbocycles. The largest absolute Gasteiger partial charge is 0.484 e. The Labute approximate surface area is 127 Å². The number of carbonyl (C=O) groups is 1. The van der Waals surface area contributed by atoms with Gasteiger partial charge in [0.2, 0.25) is 0 Å². The molecular formula is C16H20F3NO2. The third kappa shape index (κ3) is 3.93. The molecule has 0 bridgehead atoms. The van der Waals surface area contributed by atoms with Crippen molar-refractivity contribution in [3.8, 4) is 5.75 Å². The van der Waals surface area contributed by atoms with Crippen LogP contribution in [0.5, 0.6) is 5.75 Å². The average molecular weight is 315 g/mol. The number of alkyl halides is 3. The summed E-state index contributed by atoms with van der Waals surface area (Å²) in [6.07, 6.45) is -0.579. The van der Waals surface area contributed by atoms with E-state index in [1.165, 1.54) is 6.07 Å². The van der Waals surface area contributed by atoms with E-state index in [2.05, 4.69) is 5.32 Å². The van der Waals surface area contributed by atoms with Gasteiger partial charge < -0.3 is 10.1 Å². The fourth-order valence-corrected chi connectivity index (χ4v) is 2.54. The number of carbonyl (C=O) groups excluding carboxylic acids is 1. The highest BCUT2D eigenvalue weighted by molar-refractivity contribution is 5.95. The van der Waals surface area contributed by atoms with Gasteiger partial charge in [-0.2, -0.15) is 13.2 Å². The first-order chi connectivity index (χ1) is 10.2. The third-order valence-electron chi connectivity index (χ3n) is 4.21. The number of nitrogens with one attached hydrogen (secondary N) is 1. The molecule has 3 nitrogen and oxygen atoms in total. The van der Waals surface area contributed by atoms with Crippen LogP contribution in [-0.2, 0) is 0 Å². The highest BCUT2D eigenvalue weighted by Gasteiger charge is 2.36. The van der Waals surface area contributed by atoms with Crippen molar-refractivity contribution < 1.29 is 22.7 Å². The SMILES string of the molecule is CCC1(NC(=O)c2ccc(C)c(OCC(F)(F)F)c2)CCC1. The molecule has 1 fully saturated rings. The zero-order valence-electron chi connectivity index (χ0n) is 12.7. The van der Waals surface area contributed by atoms with Crippen LogP contribution in [0.15, 0.2) is 18.2 Å². The Bertz CT molecular complexity index is 545. The monoisotopic (exact) mass is 315 g/mol. The van der Waals surface area contributed by atoms with Crippen molar-refractivity contribution in [2.45, 2.75) is 51.2 Å². The summed E-state index contributed by atoms with van der Waals surface area (Å²) < 4.78 is 41.5. The Morgan fingerprint density at radius 1 is 1.36 bits per heavy atom. The quantitative estimate of drug-likeness (QED) is 0.892. The average Bonchev–Trinajstić information content (AvgIpc) is 2.40. The molecule has 1 N–H and O–H groups in total. The highest BCUT2D eigenvalue weighted by Crippen LogP contribution is 2.35. The van der Waals surface area contributed by atoms with E-state index in [1.807, 2.05) is 6.92 Å². The first-order valence-corrected chi connectivity index (χ1v) is 7.37. The van der Waals surface area contributed by atoms with Gasteiger partial charge in [0.05, 0.1) is 0 Å². The summed E-state index contributed by atoms with van der Waals surface area (Å²) in [5, 5.41) is 3.00. The number of halogens is 3. The normalized spacial score (nSPS) is 16.8. The topological polar surface area (TPSA) is 38.3 Å². The number of aryl methyl sites for hydroxylation is 1. The summed E-state index contributed by atoms with van der Waals surface area (Å²) in [6.45, 7) is 2.30. The molecule has 1 saturated carbocycles. The Kier molecular flexibility index (Phi) is 4.68. The predicted molar refractivity (Wildman–Crippen MR) is 77.1 cm³/mol. The molecule has 0 atom stereocenters. The number of hydrogen-bond donors (Lipinski definition) is 1. The molecule has 6 heteroatoms. The van der Waals surface area contributed by atoms with E-state index in [9.17, 15) is 18.0 Å². The molecule has 2 rings (SSSR count). The molecule has 122 valence electrons. The summed E-state index contributed by atoms with van der Waals surface area (Å²) in [7, 11) is 0. The highest BCUT2D eigenvalue weighted by atomic mass is 19.4. The molecule has 0 saturated heterocycles. The van der Waals surface area contributed by atoms with Gasteiger partial charge in [-0.25, -0.2) is 0 Å². The summed E-state index contributed by atoms with van der Waals surface area (Å²) in [5.41, 5.74) is 0.728. The molecule has 0 radical (unpaired) electrons. The Morgan fingerprint density at radius 3 is 2.55 bits per heavy atom.